The minimum Gasteiger partial charge on any atom is -0.368 e. The van der Waals surface area contributed by atoms with E-state index >= 15 is 0 Å². The van der Waals surface area contributed by atoms with Gasteiger partial charge in [-0.3, -0.25) is 4.79 Å². The number of pyridine rings is 1. The lowest BCUT2D eigenvalue weighted by Gasteiger charge is -2.36. The monoisotopic (exact) mass is 481 g/mol. The number of aromatic nitrogens is 2. The number of carbonyl (C=O) groups excluding carboxylic acids is 1. The topological polar surface area (TPSA) is 61.4 Å². The van der Waals surface area contributed by atoms with E-state index in [0.717, 1.165) is 24.5 Å². The summed E-state index contributed by atoms with van der Waals surface area (Å²) in [6.45, 7) is 2.80. The summed E-state index contributed by atoms with van der Waals surface area (Å²) in [5.41, 5.74) is 1.76. The Bertz CT molecular complexity index is 1040. The predicted octanol–water partition coefficient (Wildman–Crippen LogP) is 5.13. The molecule has 0 radical (unpaired) electrons. The summed E-state index contributed by atoms with van der Waals surface area (Å²) < 4.78 is 0. The molecule has 1 aromatic carbocycles. The molecule has 2 aromatic heterocycles. The summed E-state index contributed by atoms with van der Waals surface area (Å²) >= 11 is 19.4. The molecular weight excluding hydrogens is 465 g/mol. The maximum atomic E-state index is 12.7. The Morgan fingerprint density at radius 1 is 1.07 bits per heavy atom. The van der Waals surface area contributed by atoms with E-state index in [2.05, 4.69) is 20.2 Å². The first kappa shape index (κ1) is 21.2. The zero-order valence-electron chi connectivity index (χ0n) is 15.8. The van der Waals surface area contributed by atoms with Gasteiger partial charge in [-0.15, -0.1) is 11.3 Å². The molecule has 1 N–H and O–H groups in total. The summed E-state index contributed by atoms with van der Waals surface area (Å²) in [7, 11) is 0. The van der Waals surface area contributed by atoms with Gasteiger partial charge in [0.25, 0.3) is 0 Å². The number of halogens is 3. The quantitative estimate of drug-likeness (QED) is 0.546. The lowest BCUT2D eigenvalue weighted by atomic mass is 10.2. The van der Waals surface area contributed by atoms with Crippen LogP contribution < -0.4 is 10.2 Å². The van der Waals surface area contributed by atoms with E-state index in [4.69, 9.17) is 34.8 Å². The van der Waals surface area contributed by atoms with Crippen molar-refractivity contribution in [3.63, 3.8) is 0 Å². The van der Waals surface area contributed by atoms with Crippen molar-refractivity contribution in [3.05, 3.63) is 62.7 Å². The number of carbonyl (C=O) groups is 1. The SMILES string of the molecule is O=C(Cc1csc(Nc2ccc(Cl)cn2)n1)N1CCN(c2ccc(Cl)c(Cl)c2)CC1. The third-order valence-electron chi connectivity index (χ3n) is 4.75. The number of hydrogen-bond donors (Lipinski definition) is 1. The Morgan fingerprint density at radius 2 is 1.87 bits per heavy atom. The van der Waals surface area contributed by atoms with Gasteiger partial charge in [-0.2, -0.15) is 0 Å². The maximum absolute atomic E-state index is 12.7. The first-order chi connectivity index (χ1) is 14.5. The molecule has 0 bridgehead atoms. The van der Waals surface area contributed by atoms with E-state index < -0.39 is 0 Å². The zero-order valence-corrected chi connectivity index (χ0v) is 18.9. The molecule has 3 heterocycles. The van der Waals surface area contributed by atoms with Gasteiger partial charge in [0.1, 0.15) is 5.82 Å². The van der Waals surface area contributed by atoms with Crippen LogP contribution in [0.15, 0.2) is 41.9 Å². The molecule has 0 atom stereocenters. The van der Waals surface area contributed by atoms with Crippen molar-refractivity contribution in [1.29, 1.82) is 0 Å². The molecule has 0 aliphatic carbocycles. The highest BCUT2D eigenvalue weighted by Gasteiger charge is 2.22. The van der Waals surface area contributed by atoms with Crippen LogP contribution in [0.25, 0.3) is 0 Å². The molecular formula is C20H18Cl3N5OS. The van der Waals surface area contributed by atoms with Crippen molar-refractivity contribution >= 4 is 68.7 Å². The molecule has 0 unspecified atom stereocenters. The summed E-state index contributed by atoms with van der Waals surface area (Å²) in [6.07, 6.45) is 1.85. The smallest absolute Gasteiger partial charge is 0.228 e. The number of anilines is 3. The van der Waals surface area contributed by atoms with Crippen molar-refractivity contribution in [3.8, 4) is 0 Å². The minimum atomic E-state index is 0.0743. The first-order valence-corrected chi connectivity index (χ1v) is 11.3. The standard InChI is InChI=1S/C20H18Cl3N5OS/c21-13-1-4-18(24-11-13)26-20-25-14(12-30-20)9-19(29)28-7-5-27(6-8-28)15-2-3-16(22)17(23)10-15/h1-4,10-12H,5-9H2,(H,24,25,26). The summed E-state index contributed by atoms with van der Waals surface area (Å²) in [4.78, 5) is 25.5. The summed E-state index contributed by atoms with van der Waals surface area (Å²) in [5, 5.41) is 7.36. The highest BCUT2D eigenvalue weighted by Crippen LogP contribution is 2.28. The molecule has 10 heteroatoms. The second-order valence-electron chi connectivity index (χ2n) is 6.77. The van der Waals surface area contributed by atoms with Gasteiger partial charge in [-0.25, -0.2) is 9.97 Å². The molecule has 0 spiro atoms. The van der Waals surface area contributed by atoms with Crippen LogP contribution in [-0.2, 0) is 11.2 Å². The second kappa shape index (κ2) is 9.39. The average molecular weight is 483 g/mol. The number of nitrogens with one attached hydrogen (secondary N) is 1. The number of piperazine rings is 1. The number of hydrogen-bond acceptors (Lipinski definition) is 6. The normalized spacial score (nSPS) is 14.1. The lowest BCUT2D eigenvalue weighted by molar-refractivity contribution is -0.130. The van der Waals surface area contributed by atoms with E-state index in [1.165, 1.54) is 11.3 Å². The molecule has 6 nitrogen and oxygen atoms in total. The average Bonchev–Trinajstić information content (AvgIpc) is 3.18. The fourth-order valence-electron chi connectivity index (χ4n) is 3.17. The van der Waals surface area contributed by atoms with Crippen LogP contribution in [0.2, 0.25) is 15.1 Å². The van der Waals surface area contributed by atoms with Gasteiger partial charge in [0.05, 0.1) is 27.2 Å². The Morgan fingerprint density at radius 3 is 2.57 bits per heavy atom. The number of benzene rings is 1. The molecule has 1 fully saturated rings. The van der Waals surface area contributed by atoms with Gasteiger partial charge in [0.2, 0.25) is 5.91 Å². The van der Waals surface area contributed by atoms with Gasteiger partial charge < -0.3 is 15.1 Å². The van der Waals surface area contributed by atoms with Crippen LogP contribution in [0, 0.1) is 0 Å². The van der Waals surface area contributed by atoms with Crippen LogP contribution in [-0.4, -0.2) is 47.0 Å². The number of amides is 1. The van der Waals surface area contributed by atoms with Gasteiger partial charge in [0, 0.05) is 43.4 Å². The van der Waals surface area contributed by atoms with Crippen LogP contribution in [0.3, 0.4) is 0 Å². The van der Waals surface area contributed by atoms with Crippen molar-refractivity contribution in [2.45, 2.75) is 6.42 Å². The van der Waals surface area contributed by atoms with Gasteiger partial charge in [-0.1, -0.05) is 34.8 Å². The molecule has 1 aliphatic rings. The van der Waals surface area contributed by atoms with Crippen molar-refractivity contribution in [1.82, 2.24) is 14.9 Å². The van der Waals surface area contributed by atoms with Crippen molar-refractivity contribution < 1.29 is 4.79 Å². The van der Waals surface area contributed by atoms with E-state index in [1.54, 1.807) is 24.4 Å². The summed E-state index contributed by atoms with van der Waals surface area (Å²) in [5.74, 6) is 0.732. The predicted molar refractivity (Wildman–Crippen MR) is 124 cm³/mol. The summed E-state index contributed by atoms with van der Waals surface area (Å²) in [6, 6.07) is 9.14. The molecule has 1 saturated heterocycles. The third-order valence-corrected chi connectivity index (χ3v) is 6.52. The molecule has 30 heavy (non-hydrogen) atoms. The van der Waals surface area contributed by atoms with Gasteiger partial charge in [0.15, 0.2) is 5.13 Å². The highest BCUT2D eigenvalue weighted by molar-refractivity contribution is 7.13. The Hall–Kier alpha value is -2.06. The van der Waals surface area contributed by atoms with E-state index in [9.17, 15) is 4.79 Å². The Balaban J connectivity index is 1.30. The zero-order chi connectivity index (χ0) is 21.1. The van der Waals surface area contributed by atoms with Crippen molar-refractivity contribution in [2.75, 3.05) is 36.4 Å². The van der Waals surface area contributed by atoms with Crippen LogP contribution >= 0.6 is 46.1 Å². The lowest BCUT2D eigenvalue weighted by Crippen LogP contribution is -2.49. The fourth-order valence-corrected chi connectivity index (χ4v) is 4.29. The van der Waals surface area contributed by atoms with Crippen LogP contribution in [0.4, 0.5) is 16.6 Å². The van der Waals surface area contributed by atoms with Gasteiger partial charge in [-0.05, 0) is 30.3 Å². The van der Waals surface area contributed by atoms with Crippen LogP contribution in [0.5, 0.6) is 0 Å². The highest BCUT2D eigenvalue weighted by atomic mass is 35.5. The Kier molecular flexibility index (Phi) is 6.63. The molecule has 4 rings (SSSR count). The molecule has 156 valence electrons. The van der Waals surface area contributed by atoms with Crippen molar-refractivity contribution in [2.24, 2.45) is 0 Å². The largest absolute Gasteiger partial charge is 0.368 e. The second-order valence-corrected chi connectivity index (χ2v) is 8.88. The van der Waals surface area contributed by atoms with Gasteiger partial charge >= 0.3 is 0 Å². The van der Waals surface area contributed by atoms with Crippen LogP contribution in [0.1, 0.15) is 5.69 Å². The number of thiazole rings is 1. The number of nitrogens with zero attached hydrogens (tertiary/aromatic N) is 4. The molecule has 1 amide bonds. The first-order valence-electron chi connectivity index (χ1n) is 9.29. The molecule has 1 aliphatic heterocycles. The molecule has 0 saturated carbocycles. The van der Waals surface area contributed by atoms with E-state index in [0.29, 0.717) is 39.1 Å². The van der Waals surface area contributed by atoms with E-state index in [1.807, 2.05) is 22.4 Å². The Labute approximate surface area is 193 Å². The minimum absolute atomic E-state index is 0.0743. The fraction of sp³-hybridized carbons (Fsp3) is 0.250. The van der Waals surface area contributed by atoms with E-state index in [-0.39, 0.29) is 12.3 Å². The number of rotatable bonds is 5. The molecule has 3 aromatic rings. The maximum Gasteiger partial charge on any atom is 0.228 e. The third kappa shape index (κ3) is 5.16.